The summed E-state index contributed by atoms with van der Waals surface area (Å²) in [5.74, 6) is -2.42. The highest BCUT2D eigenvalue weighted by atomic mass is 35.5. The predicted molar refractivity (Wildman–Crippen MR) is 92.0 cm³/mol. The molecule has 0 aromatic heterocycles. The van der Waals surface area contributed by atoms with E-state index >= 15 is 0 Å². The van der Waals surface area contributed by atoms with Gasteiger partial charge in [0.25, 0.3) is 0 Å². The van der Waals surface area contributed by atoms with Crippen LogP contribution in [0.5, 0.6) is 0 Å². The first-order valence-electron chi connectivity index (χ1n) is 7.46. The Hall–Kier alpha value is -2.36. The van der Waals surface area contributed by atoms with Crippen LogP contribution in [0.4, 0.5) is 0 Å². The van der Waals surface area contributed by atoms with Gasteiger partial charge in [-0.15, -0.1) is 0 Å². The molecule has 0 aliphatic heterocycles. The average Bonchev–Trinajstić information content (AvgIpc) is 3.27. The molecule has 3 atom stereocenters. The zero-order valence-corrected chi connectivity index (χ0v) is 14.8. The molecule has 25 heavy (non-hydrogen) atoms. The van der Waals surface area contributed by atoms with E-state index in [0.717, 1.165) is 5.56 Å². The lowest BCUT2D eigenvalue weighted by Crippen LogP contribution is -2.22. The lowest BCUT2D eigenvalue weighted by molar-refractivity contribution is -0.141. The third kappa shape index (κ3) is 2.60. The monoisotopic (exact) mass is 375 g/mol. The van der Waals surface area contributed by atoms with E-state index in [-0.39, 0.29) is 4.90 Å². The number of aryl methyl sites for hydroxylation is 1. The van der Waals surface area contributed by atoms with Gasteiger partial charge in [0.05, 0.1) is 11.0 Å². The number of rotatable bonds is 4. The molecule has 1 aliphatic carbocycles. The van der Waals surface area contributed by atoms with Gasteiger partial charge in [-0.2, -0.15) is 5.26 Å². The Morgan fingerprint density at radius 1 is 1.24 bits per heavy atom. The number of halogens is 1. The molecule has 5 nitrogen and oxygen atoms in total. The Bertz CT molecular complexity index is 994. The second-order valence-electron chi connectivity index (χ2n) is 6.10. The van der Waals surface area contributed by atoms with Crippen molar-refractivity contribution in [2.24, 2.45) is 5.41 Å². The van der Waals surface area contributed by atoms with Crippen LogP contribution in [-0.4, -0.2) is 24.7 Å². The van der Waals surface area contributed by atoms with Crippen molar-refractivity contribution in [1.82, 2.24) is 0 Å². The number of hydrogen-bond acceptors (Lipinski definition) is 4. The number of carbonyl (C=O) groups is 1. The van der Waals surface area contributed by atoms with Crippen LogP contribution in [0, 0.1) is 23.7 Å². The SMILES string of the molecule is Cc1ccc(S(=O)(=O)[C@H]2[C@H](c3cccc(Cl)c3)[C@@]2(C#N)C(=O)O)cc1. The summed E-state index contributed by atoms with van der Waals surface area (Å²) >= 11 is 5.95. The summed E-state index contributed by atoms with van der Waals surface area (Å²) in [6, 6.07) is 14.2. The molecule has 3 rings (SSSR count). The minimum Gasteiger partial charge on any atom is -0.480 e. The van der Waals surface area contributed by atoms with E-state index in [9.17, 15) is 23.6 Å². The Morgan fingerprint density at radius 2 is 1.88 bits per heavy atom. The van der Waals surface area contributed by atoms with Gasteiger partial charge in [-0.25, -0.2) is 8.42 Å². The highest BCUT2D eigenvalue weighted by molar-refractivity contribution is 7.92. The molecule has 1 fully saturated rings. The topological polar surface area (TPSA) is 95.2 Å². The fourth-order valence-corrected chi connectivity index (χ4v) is 5.68. The Morgan fingerprint density at radius 3 is 2.40 bits per heavy atom. The van der Waals surface area contributed by atoms with Crippen molar-refractivity contribution in [3.05, 3.63) is 64.7 Å². The van der Waals surface area contributed by atoms with Crippen LogP contribution in [0.15, 0.2) is 53.4 Å². The summed E-state index contributed by atoms with van der Waals surface area (Å²) in [6.07, 6.45) is 0. The summed E-state index contributed by atoms with van der Waals surface area (Å²) in [5, 5.41) is 18.1. The molecule has 0 radical (unpaired) electrons. The van der Waals surface area contributed by atoms with Gasteiger partial charge >= 0.3 is 5.97 Å². The van der Waals surface area contributed by atoms with Crippen molar-refractivity contribution in [2.75, 3.05) is 0 Å². The van der Waals surface area contributed by atoms with Gasteiger partial charge in [0.1, 0.15) is 5.25 Å². The van der Waals surface area contributed by atoms with Gasteiger partial charge in [-0.05, 0) is 36.8 Å². The number of carboxylic acids is 1. The Labute approximate surface area is 150 Å². The van der Waals surface area contributed by atoms with E-state index in [4.69, 9.17) is 11.6 Å². The van der Waals surface area contributed by atoms with Gasteiger partial charge in [0.2, 0.25) is 0 Å². The maximum Gasteiger partial charge on any atom is 0.326 e. The number of benzene rings is 2. The number of hydrogen-bond donors (Lipinski definition) is 1. The molecule has 7 heteroatoms. The van der Waals surface area contributed by atoms with Crippen molar-refractivity contribution in [3.63, 3.8) is 0 Å². The van der Waals surface area contributed by atoms with Crippen molar-refractivity contribution in [2.45, 2.75) is 23.0 Å². The predicted octanol–water partition coefficient (Wildman–Crippen LogP) is 3.18. The van der Waals surface area contributed by atoms with E-state index < -0.39 is 32.4 Å². The molecule has 0 heterocycles. The fraction of sp³-hybridized carbons (Fsp3) is 0.222. The number of carboxylic acid groups (broad SMARTS) is 1. The highest BCUT2D eigenvalue weighted by Crippen LogP contribution is 2.64. The summed E-state index contributed by atoms with van der Waals surface area (Å²) in [7, 11) is -4.00. The number of nitrogens with zero attached hydrogens (tertiary/aromatic N) is 1. The van der Waals surface area contributed by atoms with E-state index in [2.05, 4.69) is 0 Å². The molecule has 0 bridgehead atoms. The van der Waals surface area contributed by atoms with E-state index in [1.807, 2.05) is 6.92 Å². The lowest BCUT2D eigenvalue weighted by Gasteiger charge is -2.05. The third-order valence-electron chi connectivity index (χ3n) is 4.56. The van der Waals surface area contributed by atoms with Gasteiger partial charge in [0, 0.05) is 10.9 Å². The van der Waals surface area contributed by atoms with Crippen molar-refractivity contribution in [1.29, 1.82) is 5.26 Å². The number of nitriles is 1. The Kier molecular flexibility index (Phi) is 4.10. The molecule has 0 unspecified atom stereocenters. The van der Waals surface area contributed by atoms with Crippen LogP contribution < -0.4 is 0 Å². The lowest BCUT2D eigenvalue weighted by atomic mass is 10.0. The number of aliphatic carboxylic acids is 1. The van der Waals surface area contributed by atoms with Crippen LogP contribution in [0.1, 0.15) is 17.0 Å². The smallest absolute Gasteiger partial charge is 0.326 e. The summed E-state index contributed by atoms with van der Waals surface area (Å²) < 4.78 is 26.0. The minimum absolute atomic E-state index is 0.00787. The molecular formula is C18H14ClNO4S. The largest absolute Gasteiger partial charge is 0.480 e. The molecule has 2 aromatic carbocycles. The Balaban J connectivity index is 2.14. The zero-order chi connectivity index (χ0) is 18.4. The van der Waals surface area contributed by atoms with Crippen LogP contribution in [-0.2, 0) is 14.6 Å². The summed E-state index contributed by atoms with van der Waals surface area (Å²) in [5.41, 5.74) is -0.711. The molecule has 0 spiro atoms. The number of sulfone groups is 1. The third-order valence-corrected chi connectivity index (χ3v) is 7.04. The standard InChI is InChI=1S/C18H14ClNO4S/c1-11-5-7-14(8-6-11)25(23,24)16-15(18(16,10-20)17(21)22)12-3-2-4-13(19)9-12/h2-9,15-16H,1H3,(H,21,22)/t15-,16-,18+/m0/s1. The van der Waals surface area contributed by atoms with E-state index in [1.54, 1.807) is 36.4 Å². The fourth-order valence-electron chi connectivity index (χ4n) is 3.23. The first-order chi connectivity index (χ1) is 11.7. The van der Waals surface area contributed by atoms with E-state index in [0.29, 0.717) is 10.6 Å². The molecular weight excluding hydrogens is 362 g/mol. The van der Waals surface area contributed by atoms with Crippen molar-refractivity contribution >= 4 is 27.4 Å². The molecule has 1 aliphatic rings. The van der Waals surface area contributed by atoms with Crippen molar-refractivity contribution in [3.8, 4) is 6.07 Å². The zero-order valence-electron chi connectivity index (χ0n) is 13.2. The minimum atomic E-state index is -4.00. The molecule has 0 amide bonds. The second kappa shape index (κ2) is 5.87. The van der Waals surface area contributed by atoms with Gasteiger partial charge in [-0.1, -0.05) is 41.4 Å². The normalized spacial score (nSPS) is 25.2. The summed E-state index contributed by atoms with van der Waals surface area (Å²) in [4.78, 5) is 11.8. The quantitative estimate of drug-likeness (QED) is 0.885. The van der Waals surface area contributed by atoms with Crippen molar-refractivity contribution < 1.29 is 18.3 Å². The molecule has 2 aromatic rings. The highest BCUT2D eigenvalue weighted by Gasteiger charge is 2.77. The molecule has 1 N–H and O–H groups in total. The molecule has 128 valence electrons. The molecule has 0 saturated heterocycles. The first kappa shape index (κ1) is 17.5. The maximum absolute atomic E-state index is 13.0. The summed E-state index contributed by atoms with van der Waals surface area (Å²) in [6.45, 7) is 1.82. The van der Waals surface area contributed by atoms with E-state index in [1.165, 1.54) is 18.2 Å². The van der Waals surface area contributed by atoms with Gasteiger partial charge < -0.3 is 5.11 Å². The van der Waals surface area contributed by atoms with Gasteiger partial charge in [0.15, 0.2) is 15.3 Å². The average molecular weight is 376 g/mol. The maximum atomic E-state index is 13.0. The van der Waals surface area contributed by atoms with Crippen LogP contribution >= 0.6 is 11.6 Å². The van der Waals surface area contributed by atoms with Crippen LogP contribution in [0.25, 0.3) is 0 Å². The van der Waals surface area contributed by atoms with Crippen LogP contribution in [0.3, 0.4) is 0 Å². The second-order valence-corrected chi connectivity index (χ2v) is 8.60. The van der Waals surface area contributed by atoms with Gasteiger partial charge in [-0.3, -0.25) is 4.79 Å². The molecule has 1 saturated carbocycles. The first-order valence-corrected chi connectivity index (χ1v) is 9.38. The van der Waals surface area contributed by atoms with Crippen LogP contribution in [0.2, 0.25) is 5.02 Å².